The van der Waals surface area contributed by atoms with Gasteiger partial charge in [-0.2, -0.15) is 18.4 Å². The monoisotopic (exact) mass is 548 g/mol. The number of carbonyl (C=O) groups excluding carboxylic acids is 1. The van der Waals surface area contributed by atoms with Crippen LogP contribution < -0.4 is 19.5 Å². The molecule has 38 heavy (non-hydrogen) atoms. The molecule has 2 aromatic carbocycles. The van der Waals surface area contributed by atoms with Crippen LogP contribution in [0.3, 0.4) is 0 Å². The van der Waals surface area contributed by atoms with Gasteiger partial charge in [-0.25, -0.2) is 0 Å². The maximum Gasteiger partial charge on any atom is 0.389 e. The minimum atomic E-state index is -4.21. The summed E-state index contributed by atoms with van der Waals surface area (Å²) in [5.41, 5.74) is 1.04. The molecule has 202 valence electrons. The molecule has 1 heterocycles. The molecule has 1 aliphatic rings. The molecule has 0 saturated carbocycles. The van der Waals surface area contributed by atoms with Gasteiger partial charge in [0.1, 0.15) is 17.4 Å². The van der Waals surface area contributed by atoms with Gasteiger partial charge >= 0.3 is 6.18 Å². The lowest BCUT2D eigenvalue weighted by molar-refractivity contribution is -0.136. The van der Waals surface area contributed by atoms with Crippen LogP contribution in [0.1, 0.15) is 36.8 Å². The molecule has 0 aromatic heterocycles. The minimum absolute atomic E-state index is 0.0278. The third kappa shape index (κ3) is 7.01. The van der Waals surface area contributed by atoms with Crippen LogP contribution >= 0.6 is 11.6 Å². The third-order valence-corrected chi connectivity index (χ3v) is 6.58. The lowest BCUT2D eigenvalue weighted by Gasteiger charge is -2.37. The second kappa shape index (κ2) is 12.3. The number of carbonyl (C=O) groups is 1. The molecule has 1 aliphatic heterocycles. The van der Waals surface area contributed by atoms with Crippen LogP contribution in [-0.2, 0) is 11.2 Å². The Morgan fingerprint density at radius 1 is 1.24 bits per heavy atom. The molecule has 0 aliphatic carbocycles. The molecule has 1 N–H and O–H groups in total. The SMILES string of the molecule is C=C[C@]1(CCc2cccc(OCCCC(F)(F)F)c2)CC(c2cc(Cl)c(OC)c(OC)c2)=C(C#N)C(=O)N1. The van der Waals surface area contributed by atoms with Crippen molar-refractivity contribution in [1.29, 1.82) is 5.26 Å². The van der Waals surface area contributed by atoms with Crippen molar-refractivity contribution in [3.63, 3.8) is 0 Å². The van der Waals surface area contributed by atoms with Gasteiger partial charge in [-0.1, -0.05) is 29.8 Å². The average molecular weight is 549 g/mol. The molecule has 0 bridgehead atoms. The predicted molar refractivity (Wildman–Crippen MR) is 138 cm³/mol. The van der Waals surface area contributed by atoms with Gasteiger partial charge in [0.15, 0.2) is 11.5 Å². The molecule has 0 radical (unpaired) electrons. The molecular formula is C28H28ClF3N2O4. The van der Waals surface area contributed by atoms with Crippen molar-refractivity contribution in [3.05, 3.63) is 70.8 Å². The van der Waals surface area contributed by atoms with Crippen LogP contribution in [0.25, 0.3) is 5.57 Å². The van der Waals surface area contributed by atoms with Crippen LogP contribution in [-0.4, -0.2) is 38.4 Å². The Labute approximate surface area is 224 Å². The van der Waals surface area contributed by atoms with E-state index in [1.807, 2.05) is 12.1 Å². The molecule has 0 saturated heterocycles. The maximum absolute atomic E-state index is 13.0. The largest absolute Gasteiger partial charge is 0.494 e. The Kier molecular flexibility index (Phi) is 9.34. The topological polar surface area (TPSA) is 80.6 Å². The number of rotatable bonds is 11. The zero-order valence-electron chi connectivity index (χ0n) is 21.1. The van der Waals surface area contributed by atoms with Crippen molar-refractivity contribution >= 4 is 23.1 Å². The van der Waals surface area contributed by atoms with Crippen molar-refractivity contribution < 1.29 is 32.2 Å². The number of nitrogens with one attached hydrogen (secondary N) is 1. The Balaban J connectivity index is 1.81. The van der Waals surface area contributed by atoms with Crippen molar-refractivity contribution in [2.45, 2.75) is 43.8 Å². The van der Waals surface area contributed by atoms with Crippen LogP contribution in [0, 0.1) is 11.3 Å². The molecule has 2 aromatic rings. The fourth-order valence-electron chi connectivity index (χ4n) is 4.33. The number of hydrogen-bond acceptors (Lipinski definition) is 5. The van der Waals surface area contributed by atoms with Gasteiger partial charge in [0.25, 0.3) is 5.91 Å². The average Bonchev–Trinajstić information content (AvgIpc) is 2.88. The first-order valence-electron chi connectivity index (χ1n) is 11.8. The predicted octanol–water partition coefficient (Wildman–Crippen LogP) is 6.43. The summed E-state index contributed by atoms with van der Waals surface area (Å²) in [4.78, 5) is 13.0. The Morgan fingerprint density at radius 3 is 2.63 bits per heavy atom. The van der Waals surface area contributed by atoms with Crippen LogP contribution in [0.5, 0.6) is 17.2 Å². The zero-order valence-corrected chi connectivity index (χ0v) is 21.8. The van der Waals surface area contributed by atoms with Crippen LogP contribution in [0.2, 0.25) is 5.02 Å². The summed E-state index contributed by atoms with van der Waals surface area (Å²) in [5.74, 6) is 0.647. The quantitative estimate of drug-likeness (QED) is 0.258. The first kappa shape index (κ1) is 28.9. The summed E-state index contributed by atoms with van der Waals surface area (Å²) in [5, 5.41) is 12.9. The van der Waals surface area contributed by atoms with Gasteiger partial charge in [-0.15, -0.1) is 6.58 Å². The van der Waals surface area contributed by atoms with E-state index in [2.05, 4.69) is 11.9 Å². The number of nitrogens with zero attached hydrogens (tertiary/aromatic N) is 1. The minimum Gasteiger partial charge on any atom is -0.494 e. The molecule has 1 amide bonds. The number of amides is 1. The fourth-order valence-corrected chi connectivity index (χ4v) is 4.62. The molecular weight excluding hydrogens is 521 g/mol. The van der Waals surface area contributed by atoms with E-state index in [0.29, 0.717) is 41.2 Å². The number of alkyl halides is 3. The van der Waals surface area contributed by atoms with Gasteiger partial charge in [0.2, 0.25) is 0 Å². The van der Waals surface area contributed by atoms with E-state index in [0.717, 1.165) is 5.56 Å². The number of hydrogen-bond donors (Lipinski definition) is 1. The van der Waals surface area contributed by atoms with Crippen molar-refractivity contribution in [1.82, 2.24) is 5.32 Å². The summed E-state index contributed by atoms with van der Waals surface area (Å²) in [6.45, 7) is 3.89. The summed E-state index contributed by atoms with van der Waals surface area (Å²) in [6, 6.07) is 12.4. The lowest BCUT2D eigenvalue weighted by Crippen LogP contribution is -2.51. The first-order chi connectivity index (χ1) is 18.0. The number of benzene rings is 2. The molecule has 3 rings (SSSR count). The molecule has 6 nitrogen and oxygen atoms in total. The van der Waals surface area contributed by atoms with E-state index in [4.69, 9.17) is 25.8 Å². The van der Waals surface area contributed by atoms with Gasteiger partial charge in [0, 0.05) is 12.8 Å². The van der Waals surface area contributed by atoms with E-state index >= 15 is 0 Å². The van der Waals surface area contributed by atoms with E-state index in [-0.39, 0.29) is 30.0 Å². The first-order valence-corrected chi connectivity index (χ1v) is 12.2. The summed E-state index contributed by atoms with van der Waals surface area (Å²) in [7, 11) is 2.93. The second-order valence-corrected chi connectivity index (χ2v) is 9.27. The highest BCUT2D eigenvalue weighted by Gasteiger charge is 2.38. The summed E-state index contributed by atoms with van der Waals surface area (Å²) >= 11 is 6.39. The molecule has 0 unspecified atom stereocenters. The highest BCUT2D eigenvalue weighted by molar-refractivity contribution is 6.32. The van der Waals surface area contributed by atoms with E-state index in [1.54, 1.807) is 36.4 Å². The molecule has 0 fully saturated rings. The Hall–Kier alpha value is -3.64. The Morgan fingerprint density at radius 2 is 2.00 bits per heavy atom. The van der Waals surface area contributed by atoms with Crippen LogP contribution in [0.4, 0.5) is 13.2 Å². The lowest BCUT2D eigenvalue weighted by atomic mass is 9.78. The van der Waals surface area contributed by atoms with Crippen molar-refractivity contribution in [2.24, 2.45) is 0 Å². The van der Waals surface area contributed by atoms with E-state index < -0.39 is 24.0 Å². The van der Waals surface area contributed by atoms with Gasteiger partial charge in [-0.3, -0.25) is 4.79 Å². The summed E-state index contributed by atoms with van der Waals surface area (Å²) in [6.07, 6.45) is -2.36. The van der Waals surface area contributed by atoms with Gasteiger partial charge < -0.3 is 19.5 Å². The number of halogens is 4. The van der Waals surface area contributed by atoms with E-state index in [1.165, 1.54) is 14.2 Å². The van der Waals surface area contributed by atoms with Gasteiger partial charge in [-0.05, 0) is 60.2 Å². The molecule has 1 atom stereocenters. The number of methoxy groups -OCH3 is 2. The molecule has 0 spiro atoms. The second-order valence-electron chi connectivity index (χ2n) is 8.86. The maximum atomic E-state index is 13.0. The van der Waals surface area contributed by atoms with Crippen LogP contribution in [0.15, 0.2) is 54.6 Å². The number of aryl methyl sites for hydroxylation is 1. The fraction of sp³-hybridized carbons (Fsp3) is 0.357. The third-order valence-electron chi connectivity index (χ3n) is 6.30. The number of ether oxygens (including phenoxy) is 3. The molecule has 10 heteroatoms. The number of nitriles is 1. The highest BCUT2D eigenvalue weighted by atomic mass is 35.5. The smallest absolute Gasteiger partial charge is 0.389 e. The standard InChI is InChI=1S/C28H28ClF3N2O4/c1-4-27(11-9-18-7-5-8-20(13-18)38-12-6-10-28(30,31)32)16-21(22(17-33)26(35)34-27)19-14-23(29)25(37-3)24(15-19)36-2/h4-5,7-8,13-15H,1,6,9-12,16H2,2-3H3,(H,34,35)/t27-/m0/s1. The zero-order chi connectivity index (χ0) is 27.9. The Bertz CT molecular complexity index is 1270. The van der Waals surface area contributed by atoms with E-state index in [9.17, 15) is 23.2 Å². The summed E-state index contributed by atoms with van der Waals surface area (Å²) < 4.78 is 53.3. The highest BCUT2D eigenvalue weighted by Crippen LogP contribution is 2.42. The van der Waals surface area contributed by atoms with Crippen molar-refractivity contribution in [3.8, 4) is 23.3 Å². The van der Waals surface area contributed by atoms with Gasteiger partial charge in [0.05, 0.1) is 31.4 Å². The van der Waals surface area contributed by atoms with Crippen molar-refractivity contribution in [2.75, 3.05) is 20.8 Å². The normalized spacial score (nSPS) is 17.4.